The molecule has 160 valence electrons. The molecular formula is C26H21ClFN3O. The number of aromatic nitrogens is 1. The first-order valence-corrected chi connectivity index (χ1v) is 10.8. The predicted molar refractivity (Wildman–Crippen MR) is 123 cm³/mol. The van der Waals surface area contributed by atoms with E-state index in [9.17, 15) is 9.18 Å². The van der Waals surface area contributed by atoms with Gasteiger partial charge in [-0.3, -0.25) is 0 Å². The number of hydrogen-bond donors (Lipinski definition) is 1. The monoisotopic (exact) mass is 445 g/mol. The number of hydrogen-bond acceptors (Lipinski definition) is 1. The minimum absolute atomic E-state index is 0.196. The third kappa shape index (κ3) is 3.87. The van der Waals surface area contributed by atoms with Crippen molar-refractivity contribution in [1.82, 2.24) is 14.8 Å². The number of carbonyl (C=O) groups is 1. The molecule has 4 aromatic rings. The second-order valence-corrected chi connectivity index (χ2v) is 8.24. The van der Waals surface area contributed by atoms with Crippen LogP contribution in [0.15, 0.2) is 91.1 Å². The van der Waals surface area contributed by atoms with Gasteiger partial charge in [-0.25, -0.2) is 9.18 Å². The molecule has 0 fully saturated rings. The molecule has 5 rings (SSSR count). The Kier molecular flexibility index (Phi) is 5.41. The van der Waals surface area contributed by atoms with Crippen molar-refractivity contribution in [3.63, 3.8) is 0 Å². The molecule has 0 saturated heterocycles. The Bertz CT molecular complexity index is 1250. The number of urea groups is 1. The number of para-hydroxylation sites is 1. The van der Waals surface area contributed by atoms with Gasteiger partial charge < -0.3 is 14.8 Å². The Labute approximate surface area is 190 Å². The van der Waals surface area contributed by atoms with Crippen molar-refractivity contribution >= 4 is 17.6 Å². The molecule has 6 heteroatoms. The Morgan fingerprint density at radius 3 is 2.50 bits per heavy atom. The highest BCUT2D eigenvalue weighted by Crippen LogP contribution is 2.36. The van der Waals surface area contributed by atoms with Gasteiger partial charge in [-0.15, -0.1) is 0 Å². The van der Waals surface area contributed by atoms with E-state index in [4.69, 9.17) is 11.6 Å². The summed E-state index contributed by atoms with van der Waals surface area (Å²) in [5, 5.41) is 3.66. The number of carbonyl (C=O) groups excluding carboxylic acids is 1. The lowest BCUT2D eigenvalue weighted by atomic mass is 10.0. The van der Waals surface area contributed by atoms with Crippen LogP contribution >= 0.6 is 11.6 Å². The van der Waals surface area contributed by atoms with Crippen LogP contribution in [0.4, 0.5) is 9.18 Å². The molecule has 1 aromatic heterocycles. The summed E-state index contributed by atoms with van der Waals surface area (Å²) in [5.41, 5.74) is 4.91. The number of fused-ring (bicyclic) bond motifs is 3. The molecule has 1 aliphatic rings. The quantitative estimate of drug-likeness (QED) is 0.407. The zero-order chi connectivity index (χ0) is 22.1. The average Bonchev–Trinajstić information content (AvgIpc) is 3.24. The molecule has 1 atom stereocenters. The molecule has 0 bridgehead atoms. The maximum atomic E-state index is 13.5. The fraction of sp³-hybridized carbons (Fsp3) is 0.115. The van der Waals surface area contributed by atoms with Gasteiger partial charge in [0.2, 0.25) is 0 Å². The number of halogens is 2. The summed E-state index contributed by atoms with van der Waals surface area (Å²) in [6.45, 7) is 0.756. The van der Waals surface area contributed by atoms with Gasteiger partial charge in [0.25, 0.3) is 0 Å². The third-order valence-corrected chi connectivity index (χ3v) is 6.02. The van der Waals surface area contributed by atoms with E-state index in [2.05, 4.69) is 16.0 Å². The summed E-state index contributed by atoms with van der Waals surface area (Å²) in [6.07, 6.45) is 2.02. The van der Waals surface area contributed by atoms with Crippen molar-refractivity contribution in [1.29, 1.82) is 0 Å². The second-order valence-electron chi connectivity index (χ2n) is 7.80. The van der Waals surface area contributed by atoms with Crippen molar-refractivity contribution < 1.29 is 9.18 Å². The van der Waals surface area contributed by atoms with Gasteiger partial charge >= 0.3 is 6.03 Å². The van der Waals surface area contributed by atoms with Gasteiger partial charge in [-0.05, 0) is 59.2 Å². The molecule has 1 aliphatic heterocycles. The molecule has 4 nitrogen and oxygen atoms in total. The van der Waals surface area contributed by atoms with Crippen molar-refractivity contribution in [3.05, 3.63) is 124 Å². The third-order valence-electron chi connectivity index (χ3n) is 5.77. The summed E-state index contributed by atoms with van der Waals surface area (Å²) in [5.74, 6) is -0.298. The molecule has 2 amide bonds. The van der Waals surface area contributed by atoms with Crippen LogP contribution in [-0.2, 0) is 13.1 Å². The molecule has 0 unspecified atom stereocenters. The van der Waals surface area contributed by atoms with Crippen LogP contribution in [0.5, 0.6) is 0 Å². The lowest BCUT2D eigenvalue weighted by Gasteiger charge is -2.31. The zero-order valence-corrected chi connectivity index (χ0v) is 18.0. The lowest BCUT2D eigenvalue weighted by Crippen LogP contribution is -2.41. The van der Waals surface area contributed by atoms with Crippen LogP contribution in [-0.4, -0.2) is 15.5 Å². The highest BCUT2D eigenvalue weighted by atomic mass is 35.5. The van der Waals surface area contributed by atoms with Crippen molar-refractivity contribution in [2.75, 3.05) is 0 Å². The Morgan fingerprint density at radius 1 is 0.969 bits per heavy atom. The highest BCUT2D eigenvalue weighted by Gasteiger charge is 2.32. The first kappa shape index (κ1) is 20.3. The van der Waals surface area contributed by atoms with E-state index in [1.165, 1.54) is 12.1 Å². The van der Waals surface area contributed by atoms with E-state index >= 15 is 0 Å². The second kappa shape index (κ2) is 8.52. The van der Waals surface area contributed by atoms with E-state index in [-0.39, 0.29) is 17.9 Å². The minimum atomic E-state index is -0.303. The number of amides is 2. The van der Waals surface area contributed by atoms with Crippen molar-refractivity contribution in [2.24, 2.45) is 0 Å². The van der Waals surface area contributed by atoms with Gasteiger partial charge in [0.15, 0.2) is 0 Å². The SMILES string of the molecule is O=C(NCc1ccc(F)cc1)N1Cc2ccccc2-n2cccc2[C@H]1c1ccc(Cl)cc1. The number of nitrogens with zero attached hydrogens (tertiary/aromatic N) is 2. The molecule has 3 aromatic carbocycles. The maximum Gasteiger partial charge on any atom is 0.318 e. The predicted octanol–water partition coefficient (Wildman–Crippen LogP) is 6.08. The van der Waals surface area contributed by atoms with Crippen LogP contribution in [0.2, 0.25) is 5.02 Å². The number of benzene rings is 3. The van der Waals surface area contributed by atoms with E-state index < -0.39 is 0 Å². The molecule has 0 saturated carbocycles. The average molecular weight is 446 g/mol. The molecule has 1 N–H and O–H groups in total. The smallest absolute Gasteiger partial charge is 0.318 e. The summed E-state index contributed by atoms with van der Waals surface area (Å²) >= 11 is 6.14. The lowest BCUT2D eigenvalue weighted by molar-refractivity contribution is 0.180. The van der Waals surface area contributed by atoms with E-state index in [1.54, 1.807) is 12.1 Å². The normalized spacial score (nSPS) is 14.9. The van der Waals surface area contributed by atoms with Crippen LogP contribution in [0, 0.1) is 5.82 Å². The molecule has 0 radical (unpaired) electrons. The molecule has 0 aliphatic carbocycles. The fourth-order valence-electron chi connectivity index (χ4n) is 4.22. The molecule has 32 heavy (non-hydrogen) atoms. The first-order valence-electron chi connectivity index (χ1n) is 10.4. The summed E-state index contributed by atoms with van der Waals surface area (Å²) in [7, 11) is 0. The van der Waals surface area contributed by atoms with Gasteiger partial charge in [0.05, 0.1) is 18.3 Å². The maximum absolute atomic E-state index is 13.5. The van der Waals surface area contributed by atoms with Crippen LogP contribution < -0.4 is 5.32 Å². The zero-order valence-electron chi connectivity index (χ0n) is 17.2. The first-order chi connectivity index (χ1) is 15.6. The summed E-state index contributed by atoms with van der Waals surface area (Å²) in [4.78, 5) is 15.3. The minimum Gasteiger partial charge on any atom is -0.334 e. The van der Waals surface area contributed by atoms with Gasteiger partial charge in [0.1, 0.15) is 5.82 Å². The highest BCUT2D eigenvalue weighted by molar-refractivity contribution is 6.30. The Balaban J connectivity index is 1.54. The fourth-order valence-corrected chi connectivity index (χ4v) is 4.34. The number of rotatable bonds is 3. The standard InChI is InChI=1S/C26H21ClFN3O/c27-21-11-9-19(10-12-21)25-24-6-3-15-30(24)23-5-2-1-4-20(23)17-31(25)26(32)29-16-18-7-13-22(28)14-8-18/h1-15,25H,16-17H2,(H,29,32)/t25-/m1/s1. The summed E-state index contributed by atoms with van der Waals surface area (Å²) < 4.78 is 15.4. The van der Waals surface area contributed by atoms with Crippen LogP contribution in [0.1, 0.15) is 28.4 Å². The van der Waals surface area contributed by atoms with Gasteiger partial charge in [-0.2, -0.15) is 0 Å². The van der Waals surface area contributed by atoms with Gasteiger partial charge in [0, 0.05) is 23.5 Å². The Hall–Kier alpha value is -3.57. The largest absolute Gasteiger partial charge is 0.334 e. The van der Waals surface area contributed by atoms with Crippen LogP contribution in [0.3, 0.4) is 0 Å². The topological polar surface area (TPSA) is 37.3 Å². The van der Waals surface area contributed by atoms with Crippen molar-refractivity contribution in [3.8, 4) is 5.69 Å². The van der Waals surface area contributed by atoms with E-state index in [0.717, 1.165) is 28.1 Å². The van der Waals surface area contributed by atoms with E-state index in [1.807, 2.05) is 65.7 Å². The summed E-state index contributed by atoms with van der Waals surface area (Å²) in [6, 6.07) is 25.4. The molecular weight excluding hydrogens is 425 g/mol. The number of nitrogens with one attached hydrogen (secondary N) is 1. The Morgan fingerprint density at radius 2 is 1.72 bits per heavy atom. The van der Waals surface area contributed by atoms with Gasteiger partial charge in [-0.1, -0.05) is 54.1 Å². The molecule has 2 heterocycles. The van der Waals surface area contributed by atoms with Crippen molar-refractivity contribution in [2.45, 2.75) is 19.1 Å². The van der Waals surface area contributed by atoms with E-state index in [0.29, 0.717) is 18.1 Å². The molecule has 0 spiro atoms. The van der Waals surface area contributed by atoms with Crippen LogP contribution in [0.25, 0.3) is 5.69 Å².